The standard InChI is InChI=1S/C25H21F2N3O3/c1-24(12-31-13-24)15-10-18-21(19(26)11-15)33-20-5-4-14(16-3-2-7-29-22(16)27)9-17(20)25(18)6-8-32-23(28)30-25/h2-5,7,9-11H,6,8,12-13H2,1H3,(H2,28,30)/t25-/m0/s1. The molecular formula is C25H21F2N3O3. The van der Waals surface area contributed by atoms with Crippen LogP contribution in [0.25, 0.3) is 11.1 Å². The van der Waals surface area contributed by atoms with Crippen LogP contribution in [-0.2, 0) is 20.4 Å². The molecule has 0 aliphatic carbocycles. The van der Waals surface area contributed by atoms with Crippen molar-refractivity contribution in [1.29, 1.82) is 0 Å². The van der Waals surface area contributed by atoms with Gasteiger partial charge in [-0.3, -0.25) is 0 Å². The highest BCUT2D eigenvalue weighted by molar-refractivity contribution is 5.76. The summed E-state index contributed by atoms with van der Waals surface area (Å²) in [7, 11) is 0. The van der Waals surface area contributed by atoms with Crippen LogP contribution in [0, 0.1) is 11.8 Å². The molecule has 1 aromatic heterocycles. The maximum Gasteiger partial charge on any atom is 0.283 e. The summed E-state index contributed by atoms with van der Waals surface area (Å²) in [5.74, 6) is -0.485. The summed E-state index contributed by atoms with van der Waals surface area (Å²) in [5, 5.41) is 0. The van der Waals surface area contributed by atoms with Gasteiger partial charge in [-0.1, -0.05) is 13.0 Å². The first-order valence-corrected chi connectivity index (χ1v) is 10.7. The Hall–Kier alpha value is -3.52. The fourth-order valence-electron chi connectivity index (χ4n) is 4.86. The number of ether oxygens (including phenoxy) is 3. The van der Waals surface area contributed by atoms with Crippen molar-refractivity contribution in [2.24, 2.45) is 10.7 Å². The molecule has 0 amide bonds. The summed E-state index contributed by atoms with van der Waals surface area (Å²) in [6, 6.07) is 12.0. The number of rotatable bonds is 2. The fourth-order valence-corrected chi connectivity index (χ4v) is 4.86. The van der Waals surface area contributed by atoms with Crippen molar-refractivity contribution in [1.82, 2.24) is 4.98 Å². The minimum atomic E-state index is -1.03. The number of nitrogens with zero attached hydrogens (tertiary/aromatic N) is 2. The molecule has 33 heavy (non-hydrogen) atoms. The molecule has 3 aliphatic rings. The SMILES string of the molecule is CC1(c2cc(F)c3c(c2)[C@]2(CCOC(N)=N2)c2cc(-c4cccnc4F)ccc2O3)COC1. The predicted octanol–water partition coefficient (Wildman–Crippen LogP) is 4.40. The lowest BCUT2D eigenvalue weighted by Crippen LogP contribution is -2.44. The number of aliphatic imine (C=N–C) groups is 1. The Bertz CT molecular complexity index is 1320. The van der Waals surface area contributed by atoms with Crippen molar-refractivity contribution in [2.75, 3.05) is 19.8 Å². The molecule has 0 bridgehead atoms. The van der Waals surface area contributed by atoms with E-state index < -0.39 is 17.3 Å². The largest absolute Gasteiger partial charge is 0.465 e. The van der Waals surface area contributed by atoms with Crippen molar-refractivity contribution in [3.63, 3.8) is 0 Å². The Kier molecular flexibility index (Phi) is 4.26. The number of hydrogen-bond donors (Lipinski definition) is 1. The zero-order chi connectivity index (χ0) is 22.8. The second kappa shape index (κ2) is 6.99. The average Bonchev–Trinajstić information content (AvgIpc) is 2.78. The first kappa shape index (κ1) is 20.1. The lowest BCUT2D eigenvalue weighted by Gasteiger charge is -2.42. The summed E-state index contributed by atoms with van der Waals surface area (Å²) in [5.41, 5.74) is 7.73. The fraction of sp³-hybridized carbons (Fsp3) is 0.280. The van der Waals surface area contributed by atoms with E-state index in [0.29, 0.717) is 54.2 Å². The lowest BCUT2D eigenvalue weighted by atomic mass is 9.73. The van der Waals surface area contributed by atoms with E-state index >= 15 is 4.39 Å². The van der Waals surface area contributed by atoms with Gasteiger partial charge >= 0.3 is 0 Å². The van der Waals surface area contributed by atoms with Gasteiger partial charge < -0.3 is 19.9 Å². The highest BCUT2D eigenvalue weighted by Crippen LogP contribution is 2.54. The van der Waals surface area contributed by atoms with E-state index in [1.54, 1.807) is 24.3 Å². The van der Waals surface area contributed by atoms with E-state index in [1.165, 1.54) is 12.3 Å². The summed E-state index contributed by atoms with van der Waals surface area (Å²) in [6.45, 7) is 3.35. The molecular weight excluding hydrogens is 428 g/mol. The Morgan fingerprint density at radius 1 is 1.06 bits per heavy atom. The first-order chi connectivity index (χ1) is 15.9. The lowest BCUT2D eigenvalue weighted by molar-refractivity contribution is -0.0502. The molecule has 0 radical (unpaired) electrons. The van der Waals surface area contributed by atoms with Gasteiger partial charge in [0.25, 0.3) is 6.02 Å². The van der Waals surface area contributed by atoms with E-state index in [-0.39, 0.29) is 17.2 Å². The van der Waals surface area contributed by atoms with Gasteiger partial charge in [0.1, 0.15) is 11.3 Å². The molecule has 1 saturated heterocycles. The van der Waals surface area contributed by atoms with Gasteiger partial charge in [0.2, 0.25) is 5.95 Å². The molecule has 4 heterocycles. The molecule has 3 aliphatic heterocycles. The van der Waals surface area contributed by atoms with Crippen LogP contribution in [0.5, 0.6) is 11.5 Å². The molecule has 8 heteroatoms. The molecule has 0 saturated carbocycles. The van der Waals surface area contributed by atoms with Crippen LogP contribution in [0.4, 0.5) is 8.78 Å². The van der Waals surface area contributed by atoms with Gasteiger partial charge in [0.15, 0.2) is 11.6 Å². The summed E-state index contributed by atoms with van der Waals surface area (Å²) >= 11 is 0. The molecule has 3 aromatic rings. The van der Waals surface area contributed by atoms with Crippen LogP contribution in [-0.4, -0.2) is 30.8 Å². The van der Waals surface area contributed by atoms with Gasteiger partial charge in [-0.15, -0.1) is 0 Å². The molecule has 1 fully saturated rings. The third kappa shape index (κ3) is 2.94. The van der Waals surface area contributed by atoms with Crippen molar-refractivity contribution in [2.45, 2.75) is 24.3 Å². The first-order valence-electron chi connectivity index (χ1n) is 10.7. The number of nitrogens with two attached hydrogens (primary N) is 1. The minimum Gasteiger partial charge on any atom is -0.465 e. The molecule has 2 aromatic carbocycles. The topological polar surface area (TPSA) is 79.0 Å². The molecule has 1 spiro atoms. The van der Waals surface area contributed by atoms with Gasteiger partial charge in [-0.25, -0.2) is 14.4 Å². The van der Waals surface area contributed by atoms with E-state index in [4.69, 9.17) is 24.9 Å². The predicted molar refractivity (Wildman–Crippen MR) is 117 cm³/mol. The van der Waals surface area contributed by atoms with Crippen LogP contribution in [0.3, 0.4) is 0 Å². The minimum absolute atomic E-state index is 0.0158. The van der Waals surface area contributed by atoms with Crippen LogP contribution < -0.4 is 10.5 Å². The van der Waals surface area contributed by atoms with Gasteiger partial charge in [0.05, 0.1) is 19.8 Å². The molecule has 1 atom stereocenters. The zero-order valence-corrected chi connectivity index (χ0v) is 17.9. The van der Waals surface area contributed by atoms with Crippen LogP contribution in [0.15, 0.2) is 53.7 Å². The van der Waals surface area contributed by atoms with Crippen molar-refractivity contribution in [3.05, 3.63) is 77.1 Å². The Morgan fingerprint density at radius 2 is 1.91 bits per heavy atom. The Labute approximate surface area is 189 Å². The number of amidine groups is 1. The second-order valence-corrected chi connectivity index (χ2v) is 8.95. The number of hydrogen-bond acceptors (Lipinski definition) is 6. The Balaban J connectivity index is 1.60. The van der Waals surface area contributed by atoms with Gasteiger partial charge in [-0.2, -0.15) is 4.39 Å². The summed E-state index contributed by atoms with van der Waals surface area (Å²) < 4.78 is 46.7. The summed E-state index contributed by atoms with van der Waals surface area (Å²) in [4.78, 5) is 8.46. The third-order valence-electron chi connectivity index (χ3n) is 6.75. The van der Waals surface area contributed by atoms with Crippen molar-refractivity contribution in [3.8, 4) is 22.6 Å². The Morgan fingerprint density at radius 3 is 2.64 bits per heavy atom. The third-order valence-corrected chi connectivity index (χ3v) is 6.75. The number of benzene rings is 2. The molecule has 0 unspecified atom stereocenters. The van der Waals surface area contributed by atoms with E-state index in [0.717, 1.165) is 5.56 Å². The van der Waals surface area contributed by atoms with Crippen LogP contribution in [0.1, 0.15) is 30.0 Å². The average molecular weight is 449 g/mol. The highest BCUT2D eigenvalue weighted by atomic mass is 19.1. The molecule has 2 N–H and O–H groups in total. The van der Waals surface area contributed by atoms with E-state index in [2.05, 4.69) is 4.98 Å². The van der Waals surface area contributed by atoms with E-state index in [1.807, 2.05) is 19.1 Å². The summed E-state index contributed by atoms with van der Waals surface area (Å²) in [6.07, 6.45) is 1.82. The van der Waals surface area contributed by atoms with E-state index in [9.17, 15) is 4.39 Å². The number of halogens is 2. The molecule has 168 valence electrons. The molecule has 6 nitrogen and oxygen atoms in total. The second-order valence-electron chi connectivity index (χ2n) is 8.95. The van der Waals surface area contributed by atoms with Crippen molar-refractivity contribution >= 4 is 6.02 Å². The monoisotopic (exact) mass is 449 g/mol. The van der Waals surface area contributed by atoms with Gasteiger partial charge in [0, 0.05) is 34.7 Å². The van der Waals surface area contributed by atoms with Crippen LogP contribution >= 0.6 is 0 Å². The normalized spacial score (nSPS) is 22.3. The maximum atomic E-state index is 15.4. The number of pyridine rings is 1. The molecule has 6 rings (SSSR count). The zero-order valence-electron chi connectivity index (χ0n) is 17.9. The maximum absolute atomic E-state index is 15.4. The van der Waals surface area contributed by atoms with Gasteiger partial charge in [-0.05, 0) is 47.5 Å². The quantitative estimate of drug-likeness (QED) is 0.587. The smallest absolute Gasteiger partial charge is 0.283 e. The highest BCUT2D eigenvalue weighted by Gasteiger charge is 2.47. The van der Waals surface area contributed by atoms with Crippen LogP contribution in [0.2, 0.25) is 0 Å². The number of aromatic nitrogens is 1. The number of fused-ring (bicyclic) bond motifs is 4. The van der Waals surface area contributed by atoms with Crippen molar-refractivity contribution < 1.29 is 23.0 Å².